The first kappa shape index (κ1) is 19.7. The van der Waals surface area contributed by atoms with Crippen molar-refractivity contribution in [2.75, 3.05) is 12.0 Å². The van der Waals surface area contributed by atoms with E-state index in [1.54, 1.807) is 7.11 Å². The lowest BCUT2D eigenvalue weighted by molar-refractivity contribution is -0.122. The molecule has 2 amide bonds. The molecule has 0 radical (unpaired) electrons. The van der Waals surface area contributed by atoms with E-state index >= 15 is 0 Å². The second kappa shape index (κ2) is 7.11. The molecule has 0 unspecified atom stereocenters. The number of hydrogen-bond donors (Lipinski definition) is 0. The molecule has 1 saturated heterocycles. The van der Waals surface area contributed by atoms with Crippen molar-refractivity contribution in [3.63, 3.8) is 0 Å². The van der Waals surface area contributed by atoms with Crippen molar-refractivity contribution < 1.29 is 14.3 Å². The van der Waals surface area contributed by atoms with E-state index in [1.807, 2.05) is 53.9 Å². The van der Waals surface area contributed by atoms with Gasteiger partial charge in [0.15, 0.2) is 5.13 Å². The summed E-state index contributed by atoms with van der Waals surface area (Å²) in [4.78, 5) is 33.7. The molecule has 0 spiro atoms. The number of ether oxygens (including phenoxy) is 1. The van der Waals surface area contributed by atoms with Crippen molar-refractivity contribution in [1.82, 2.24) is 4.98 Å². The molecule has 0 N–H and O–H groups in total. The molecule has 4 aliphatic rings. The van der Waals surface area contributed by atoms with E-state index < -0.39 is 11.8 Å². The topological polar surface area (TPSA) is 59.5 Å². The van der Waals surface area contributed by atoms with Gasteiger partial charge >= 0.3 is 0 Å². The van der Waals surface area contributed by atoms with E-state index in [4.69, 9.17) is 9.72 Å². The zero-order valence-electron chi connectivity index (χ0n) is 18.3. The molecule has 2 heterocycles. The number of carbonyl (C=O) groups excluding carboxylic acids is 2. The number of nitrogens with zero attached hydrogens (tertiary/aromatic N) is 2. The van der Waals surface area contributed by atoms with Gasteiger partial charge in [-0.3, -0.25) is 9.59 Å². The number of amides is 2. The van der Waals surface area contributed by atoms with Crippen LogP contribution >= 0.6 is 11.3 Å². The lowest BCUT2D eigenvalue weighted by atomic mass is 9.55. The van der Waals surface area contributed by atoms with Gasteiger partial charge < -0.3 is 4.74 Å². The lowest BCUT2D eigenvalue weighted by Crippen LogP contribution is -2.41. The normalized spacial score (nSPS) is 24.1. The summed E-state index contributed by atoms with van der Waals surface area (Å²) in [6.45, 7) is 0. The minimum atomic E-state index is -0.393. The summed E-state index contributed by atoms with van der Waals surface area (Å²) >= 11 is 1.34. The number of aromatic nitrogens is 1. The average Bonchev–Trinajstić information content (AvgIpc) is 3.47. The van der Waals surface area contributed by atoms with Crippen LogP contribution in [-0.4, -0.2) is 23.9 Å². The van der Waals surface area contributed by atoms with Crippen LogP contribution < -0.4 is 9.64 Å². The molecule has 3 aromatic carbocycles. The molecule has 5 nitrogen and oxygen atoms in total. The Balaban J connectivity index is 1.31. The fourth-order valence-electron chi connectivity index (χ4n) is 6.13. The number of rotatable bonds is 3. The molecular formula is C28H20N2O3S. The highest BCUT2D eigenvalue weighted by molar-refractivity contribution is 7.14. The highest BCUT2D eigenvalue weighted by Gasteiger charge is 2.62. The van der Waals surface area contributed by atoms with Crippen LogP contribution in [0, 0.1) is 11.8 Å². The zero-order valence-corrected chi connectivity index (χ0v) is 19.2. The summed E-state index contributed by atoms with van der Waals surface area (Å²) in [6.07, 6.45) is 0. The first-order valence-corrected chi connectivity index (χ1v) is 12.2. The Labute approximate surface area is 200 Å². The minimum absolute atomic E-state index is 0.107. The summed E-state index contributed by atoms with van der Waals surface area (Å²) in [5.41, 5.74) is 6.36. The fourth-order valence-corrected chi connectivity index (χ4v) is 6.97. The first-order chi connectivity index (χ1) is 16.7. The molecule has 8 rings (SSSR count). The largest absolute Gasteiger partial charge is 0.497 e. The third-order valence-corrected chi connectivity index (χ3v) is 8.34. The van der Waals surface area contributed by atoms with Crippen molar-refractivity contribution in [2.45, 2.75) is 11.8 Å². The number of thiazole rings is 1. The third-order valence-electron chi connectivity index (χ3n) is 7.52. The lowest BCUT2D eigenvalue weighted by Gasteiger charge is -2.45. The predicted octanol–water partition coefficient (Wildman–Crippen LogP) is 5.22. The van der Waals surface area contributed by atoms with Crippen molar-refractivity contribution in [3.05, 3.63) is 100 Å². The Morgan fingerprint density at radius 3 is 1.74 bits per heavy atom. The molecule has 166 valence electrons. The van der Waals surface area contributed by atoms with Crippen LogP contribution in [0.25, 0.3) is 11.3 Å². The summed E-state index contributed by atoms with van der Waals surface area (Å²) < 4.78 is 5.24. The van der Waals surface area contributed by atoms with Crippen LogP contribution in [0.15, 0.2) is 78.2 Å². The second-order valence-electron chi connectivity index (χ2n) is 9.02. The quantitative estimate of drug-likeness (QED) is 0.390. The Morgan fingerprint density at radius 1 is 0.765 bits per heavy atom. The standard InChI is InChI=1S/C28H20N2O3S/c1-33-16-12-10-15(11-13-16)21-14-34-28(29-21)30-26(31)24-22-17-6-2-3-7-18(17)23(25(24)27(30)32)20-9-5-4-8-19(20)22/h2-14,22-25H,1H3/t22?,23?,24-,25+. The minimum Gasteiger partial charge on any atom is -0.497 e. The highest BCUT2D eigenvalue weighted by atomic mass is 32.1. The van der Waals surface area contributed by atoms with Crippen LogP contribution in [0.4, 0.5) is 5.13 Å². The maximum Gasteiger partial charge on any atom is 0.240 e. The van der Waals surface area contributed by atoms with Gasteiger partial charge in [-0.15, -0.1) is 11.3 Å². The molecule has 1 aliphatic heterocycles. The van der Waals surface area contributed by atoms with Crippen molar-refractivity contribution in [1.29, 1.82) is 0 Å². The number of imide groups is 1. The fraction of sp³-hybridized carbons (Fsp3) is 0.179. The summed E-state index contributed by atoms with van der Waals surface area (Å²) in [5, 5.41) is 2.35. The van der Waals surface area contributed by atoms with Gasteiger partial charge in [-0.1, -0.05) is 48.5 Å². The maximum absolute atomic E-state index is 13.8. The van der Waals surface area contributed by atoms with Crippen molar-refractivity contribution in [2.24, 2.45) is 11.8 Å². The zero-order chi connectivity index (χ0) is 23.0. The van der Waals surface area contributed by atoms with E-state index in [9.17, 15) is 9.59 Å². The Bertz CT molecular complexity index is 1360. The Morgan fingerprint density at radius 2 is 1.26 bits per heavy atom. The van der Waals surface area contributed by atoms with Crippen LogP contribution in [0.1, 0.15) is 34.1 Å². The number of anilines is 1. The van der Waals surface area contributed by atoms with E-state index in [0.717, 1.165) is 17.0 Å². The molecule has 2 bridgehead atoms. The molecule has 6 heteroatoms. The Kier molecular flexibility index (Phi) is 4.12. The van der Waals surface area contributed by atoms with Crippen molar-refractivity contribution >= 4 is 28.3 Å². The first-order valence-electron chi connectivity index (χ1n) is 11.3. The summed E-state index contributed by atoms with van der Waals surface area (Å²) in [7, 11) is 1.63. The molecule has 4 aromatic rings. The van der Waals surface area contributed by atoms with E-state index in [0.29, 0.717) is 5.13 Å². The Hall–Kier alpha value is -3.77. The van der Waals surface area contributed by atoms with Crippen LogP contribution in [0.5, 0.6) is 5.75 Å². The maximum atomic E-state index is 13.8. The summed E-state index contributed by atoms with van der Waals surface area (Å²) in [6, 6.07) is 24.2. The second-order valence-corrected chi connectivity index (χ2v) is 9.86. The van der Waals surface area contributed by atoms with Crippen LogP contribution in [-0.2, 0) is 9.59 Å². The van der Waals surface area contributed by atoms with E-state index in [1.165, 1.54) is 38.5 Å². The van der Waals surface area contributed by atoms with Gasteiger partial charge in [0.05, 0.1) is 24.6 Å². The van der Waals surface area contributed by atoms with Gasteiger partial charge in [0, 0.05) is 22.8 Å². The molecule has 1 fully saturated rings. The summed E-state index contributed by atoms with van der Waals surface area (Å²) in [5.74, 6) is -0.502. The number of benzene rings is 3. The van der Waals surface area contributed by atoms with Gasteiger partial charge in [0.1, 0.15) is 5.75 Å². The molecule has 1 aromatic heterocycles. The third kappa shape index (κ3) is 2.51. The molecule has 0 saturated carbocycles. The van der Waals surface area contributed by atoms with Crippen LogP contribution in [0.3, 0.4) is 0 Å². The number of methoxy groups -OCH3 is 1. The van der Waals surface area contributed by atoms with Gasteiger partial charge in [-0.05, 0) is 46.5 Å². The molecular weight excluding hydrogens is 444 g/mol. The van der Waals surface area contributed by atoms with Crippen LogP contribution in [0.2, 0.25) is 0 Å². The van der Waals surface area contributed by atoms with Gasteiger partial charge in [-0.25, -0.2) is 9.88 Å². The van der Waals surface area contributed by atoms with Gasteiger partial charge in [0.2, 0.25) is 11.8 Å². The number of hydrogen-bond acceptors (Lipinski definition) is 5. The smallest absolute Gasteiger partial charge is 0.240 e. The van der Waals surface area contributed by atoms with E-state index in [2.05, 4.69) is 24.3 Å². The molecule has 2 atom stereocenters. The van der Waals surface area contributed by atoms with E-state index in [-0.39, 0.29) is 23.7 Å². The molecule has 34 heavy (non-hydrogen) atoms. The van der Waals surface area contributed by atoms with Gasteiger partial charge in [0.25, 0.3) is 0 Å². The average molecular weight is 465 g/mol. The van der Waals surface area contributed by atoms with Crippen molar-refractivity contribution in [3.8, 4) is 17.0 Å². The SMILES string of the molecule is COc1ccc(-c2csc(N3C(=O)[C@@H]4C5c6ccccc6C(c6ccccc65)[C@@H]4C3=O)n2)cc1. The highest BCUT2D eigenvalue weighted by Crippen LogP contribution is 2.61. The monoisotopic (exact) mass is 464 g/mol. The predicted molar refractivity (Wildman–Crippen MR) is 130 cm³/mol. The molecule has 3 aliphatic carbocycles. The number of carbonyl (C=O) groups is 2. The van der Waals surface area contributed by atoms with Gasteiger partial charge in [-0.2, -0.15) is 0 Å².